The molecule has 1 aromatic rings. The van der Waals surface area contributed by atoms with Crippen LogP contribution in [0.5, 0.6) is 0 Å². The quantitative estimate of drug-likeness (QED) is 0.604. The highest BCUT2D eigenvalue weighted by Gasteiger charge is 1.87. The van der Waals surface area contributed by atoms with Gasteiger partial charge in [-0.15, -0.1) is 24.0 Å². The molecule has 0 aliphatic heterocycles. The minimum absolute atomic E-state index is 1.02. The summed E-state index contributed by atoms with van der Waals surface area (Å²) in [6.07, 6.45) is 0. The largest absolute Gasteiger partial charge is 0.143 e. The van der Waals surface area contributed by atoms with E-state index in [4.69, 9.17) is 0 Å². The smallest absolute Gasteiger partial charge is 0.0709 e. The molecule has 0 saturated heterocycles. The molecule has 0 fully saturated rings. The van der Waals surface area contributed by atoms with Crippen molar-refractivity contribution in [1.82, 2.24) is 0 Å². The van der Waals surface area contributed by atoms with Crippen LogP contribution in [0.2, 0.25) is 0 Å². The zero-order valence-electron chi connectivity index (χ0n) is 3.39. The standard InChI is InChI=1S/C4H3BrS2/c5-4-1-3(6)2-7-4/h1-2,6H. The summed E-state index contributed by atoms with van der Waals surface area (Å²) in [5.41, 5.74) is 0. The lowest BCUT2D eigenvalue weighted by molar-refractivity contribution is 1.60. The first-order valence-electron chi connectivity index (χ1n) is 1.72. The van der Waals surface area contributed by atoms with Gasteiger partial charge in [0.15, 0.2) is 0 Å². The molecule has 0 amide bonds. The molecular formula is C4H3BrS2. The summed E-state index contributed by atoms with van der Waals surface area (Å²) in [7, 11) is 0. The van der Waals surface area contributed by atoms with Crippen molar-refractivity contribution < 1.29 is 0 Å². The highest BCUT2D eigenvalue weighted by atomic mass is 79.9. The Labute approximate surface area is 60.1 Å². The molecule has 1 rings (SSSR count). The Hall–Kier alpha value is 0.530. The summed E-state index contributed by atoms with van der Waals surface area (Å²) in [6.45, 7) is 0. The molecule has 0 N–H and O–H groups in total. The van der Waals surface area contributed by atoms with Gasteiger partial charge in [-0.2, -0.15) is 0 Å². The molecule has 0 aromatic carbocycles. The number of rotatable bonds is 0. The third-order valence-corrected chi connectivity index (χ3v) is 2.49. The van der Waals surface area contributed by atoms with Gasteiger partial charge in [0.25, 0.3) is 0 Å². The second kappa shape index (κ2) is 2.20. The van der Waals surface area contributed by atoms with E-state index in [9.17, 15) is 0 Å². The van der Waals surface area contributed by atoms with Crippen LogP contribution < -0.4 is 0 Å². The average molecular weight is 195 g/mol. The third-order valence-electron chi connectivity index (χ3n) is 0.554. The molecule has 0 bridgehead atoms. The van der Waals surface area contributed by atoms with E-state index < -0.39 is 0 Å². The Bertz CT molecular complexity index is 142. The van der Waals surface area contributed by atoms with Crippen LogP contribution in [0.1, 0.15) is 0 Å². The van der Waals surface area contributed by atoms with Gasteiger partial charge in [-0.1, -0.05) is 0 Å². The van der Waals surface area contributed by atoms with E-state index in [1.54, 1.807) is 11.3 Å². The molecule has 1 aromatic heterocycles. The van der Waals surface area contributed by atoms with Crippen molar-refractivity contribution in [2.75, 3.05) is 0 Å². The summed E-state index contributed by atoms with van der Waals surface area (Å²) < 4.78 is 1.14. The van der Waals surface area contributed by atoms with Crippen LogP contribution in [0.15, 0.2) is 20.1 Å². The zero-order valence-corrected chi connectivity index (χ0v) is 6.69. The van der Waals surface area contributed by atoms with Crippen molar-refractivity contribution in [3.8, 4) is 0 Å². The Balaban J connectivity index is 3.04. The van der Waals surface area contributed by atoms with Crippen molar-refractivity contribution in [1.29, 1.82) is 0 Å². The lowest BCUT2D eigenvalue weighted by Crippen LogP contribution is -1.40. The van der Waals surface area contributed by atoms with Gasteiger partial charge in [0.1, 0.15) is 0 Å². The van der Waals surface area contributed by atoms with Gasteiger partial charge in [-0.3, -0.25) is 0 Å². The molecule has 3 heteroatoms. The molecule has 0 nitrogen and oxygen atoms in total. The molecule has 0 saturated carbocycles. The number of hydrogen-bond donors (Lipinski definition) is 1. The molecule has 38 valence electrons. The maximum Gasteiger partial charge on any atom is 0.0709 e. The third kappa shape index (κ3) is 1.48. The maximum atomic E-state index is 4.09. The molecular weight excluding hydrogens is 192 g/mol. The second-order valence-electron chi connectivity index (χ2n) is 1.11. The van der Waals surface area contributed by atoms with Crippen LogP contribution in [0.4, 0.5) is 0 Å². The predicted octanol–water partition coefficient (Wildman–Crippen LogP) is 2.80. The van der Waals surface area contributed by atoms with E-state index in [-0.39, 0.29) is 0 Å². The van der Waals surface area contributed by atoms with Crippen molar-refractivity contribution >= 4 is 39.9 Å². The summed E-state index contributed by atoms with van der Waals surface area (Å²) in [5, 5.41) is 1.98. The first-order valence-corrected chi connectivity index (χ1v) is 3.84. The van der Waals surface area contributed by atoms with Gasteiger partial charge in [-0.25, -0.2) is 0 Å². The van der Waals surface area contributed by atoms with E-state index in [1.807, 2.05) is 11.4 Å². The minimum atomic E-state index is 1.02. The van der Waals surface area contributed by atoms with E-state index in [1.165, 1.54) is 0 Å². The van der Waals surface area contributed by atoms with Crippen LogP contribution >= 0.6 is 39.9 Å². The maximum absolute atomic E-state index is 4.09. The van der Waals surface area contributed by atoms with Crippen LogP contribution in [0.3, 0.4) is 0 Å². The van der Waals surface area contributed by atoms with E-state index in [0.29, 0.717) is 0 Å². The highest BCUT2D eigenvalue weighted by molar-refractivity contribution is 9.11. The number of halogens is 1. The Kier molecular flexibility index (Phi) is 1.78. The van der Waals surface area contributed by atoms with E-state index in [0.717, 1.165) is 8.68 Å². The molecule has 0 radical (unpaired) electrons. The Morgan fingerprint density at radius 2 is 2.43 bits per heavy atom. The van der Waals surface area contributed by atoms with E-state index in [2.05, 4.69) is 28.6 Å². The van der Waals surface area contributed by atoms with Crippen molar-refractivity contribution in [2.24, 2.45) is 0 Å². The van der Waals surface area contributed by atoms with Crippen LogP contribution in [0.25, 0.3) is 0 Å². The van der Waals surface area contributed by atoms with Gasteiger partial charge >= 0.3 is 0 Å². The minimum Gasteiger partial charge on any atom is -0.143 e. The number of thiophene rings is 1. The molecule has 0 aliphatic carbocycles. The van der Waals surface area contributed by atoms with Crippen LogP contribution in [-0.2, 0) is 0 Å². The first-order chi connectivity index (χ1) is 3.29. The summed E-state index contributed by atoms with van der Waals surface area (Å²) in [6, 6.07) is 1.97. The topological polar surface area (TPSA) is 0 Å². The lowest BCUT2D eigenvalue weighted by atomic mass is 10.7. The number of thiol groups is 1. The fraction of sp³-hybridized carbons (Fsp3) is 0. The van der Waals surface area contributed by atoms with Crippen molar-refractivity contribution in [3.63, 3.8) is 0 Å². The van der Waals surface area contributed by atoms with Gasteiger partial charge in [0.2, 0.25) is 0 Å². The first kappa shape index (κ1) is 5.66. The lowest BCUT2D eigenvalue weighted by Gasteiger charge is -1.67. The second-order valence-corrected chi connectivity index (χ2v) is 3.92. The van der Waals surface area contributed by atoms with Gasteiger partial charge < -0.3 is 0 Å². The average Bonchev–Trinajstić information content (AvgIpc) is 1.87. The molecule has 0 unspecified atom stereocenters. The van der Waals surface area contributed by atoms with Gasteiger partial charge in [0, 0.05) is 10.3 Å². The number of hydrogen-bond acceptors (Lipinski definition) is 2. The van der Waals surface area contributed by atoms with Gasteiger partial charge in [-0.05, 0) is 22.0 Å². The molecule has 7 heavy (non-hydrogen) atoms. The monoisotopic (exact) mass is 194 g/mol. The van der Waals surface area contributed by atoms with Gasteiger partial charge in [0.05, 0.1) is 3.79 Å². The van der Waals surface area contributed by atoms with Crippen molar-refractivity contribution in [3.05, 3.63) is 15.2 Å². The predicted molar refractivity (Wildman–Crippen MR) is 39.3 cm³/mol. The molecule has 0 atom stereocenters. The normalized spacial score (nSPS) is 9.43. The zero-order chi connectivity index (χ0) is 5.28. The summed E-state index contributed by atoms with van der Waals surface area (Å²) >= 11 is 9.03. The molecule has 0 spiro atoms. The highest BCUT2D eigenvalue weighted by Crippen LogP contribution is 2.22. The fourth-order valence-electron chi connectivity index (χ4n) is 0.301. The summed E-state index contributed by atoms with van der Waals surface area (Å²) in [4.78, 5) is 1.02. The van der Waals surface area contributed by atoms with Crippen molar-refractivity contribution in [2.45, 2.75) is 4.90 Å². The van der Waals surface area contributed by atoms with Crippen LogP contribution in [0, 0.1) is 0 Å². The molecule has 0 aliphatic rings. The SMILES string of the molecule is Sc1csc(Br)c1. The van der Waals surface area contributed by atoms with Crippen LogP contribution in [-0.4, -0.2) is 0 Å². The Morgan fingerprint density at radius 1 is 1.71 bits per heavy atom. The van der Waals surface area contributed by atoms with E-state index >= 15 is 0 Å². The Morgan fingerprint density at radius 3 is 2.57 bits per heavy atom. The molecule has 1 heterocycles. The fourth-order valence-corrected chi connectivity index (χ4v) is 1.88. The summed E-state index contributed by atoms with van der Waals surface area (Å²) in [5.74, 6) is 0.